The van der Waals surface area contributed by atoms with Crippen molar-refractivity contribution >= 4 is 28.3 Å². The molecule has 110 valence electrons. The highest BCUT2D eigenvalue weighted by molar-refractivity contribution is 6.30. The zero-order valence-electron chi connectivity index (χ0n) is 11.3. The third-order valence-corrected chi connectivity index (χ3v) is 3.59. The van der Waals surface area contributed by atoms with Crippen LogP contribution in [0.15, 0.2) is 59.5 Å². The molecule has 0 saturated carbocycles. The van der Waals surface area contributed by atoms with Gasteiger partial charge in [0.25, 0.3) is 11.5 Å². The summed E-state index contributed by atoms with van der Waals surface area (Å²) in [6.45, 7) is 0. The number of halogens is 1. The van der Waals surface area contributed by atoms with Crippen LogP contribution < -0.4 is 11.0 Å². The molecule has 0 aliphatic carbocycles. The van der Waals surface area contributed by atoms with E-state index in [9.17, 15) is 9.59 Å². The molecule has 0 bridgehead atoms. The third kappa shape index (κ3) is 2.47. The first-order valence-corrected chi connectivity index (χ1v) is 6.84. The molecular weight excluding hydrogens is 304 g/mol. The molecule has 2 aromatic carbocycles. The number of rotatable bonds is 2. The lowest BCUT2D eigenvalue weighted by Crippen LogP contribution is -2.20. The van der Waals surface area contributed by atoms with E-state index in [1.807, 2.05) is 0 Å². The maximum atomic E-state index is 12.6. The number of benzene rings is 2. The van der Waals surface area contributed by atoms with E-state index < -0.39 is 5.91 Å². The molecule has 1 heterocycles. The van der Waals surface area contributed by atoms with Crippen LogP contribution in [-0.4, -0.2) is 15.7 Å². The van der Waals surface area contributed by atoms with Gasteiger partial charge < -0.3 is 0 Å². The Kier molecular flexibility index (Phi) is 3.66. The second kappa shape index (κ2) is 5.63. The van der Waals surface area contributed by atoms with Crippen LogP contribution in [-0.2, 0) is 0 Å². The van der Waals surface area contributed by atoms with Crippen molar-refractivity contribution < 1.29 is 10.0 Å². The first-order valence-electron chi connectivity index (χ1n) is 6.46. The van der Waals surface area contributed by atoms with E-state index in [-0.39, 0.29) is 11.1 Å². The standard InChI is InChI=1S/C16H11ClN2O3/c17-12-2-1-3-13(9-12)19-7-6-10-4-5-11(15(20)18-22)8-14(10)16(19)21/h1-9,22H,(H,18,20). The molecule has 5 nitrogen and oxygen atoms in total. The summed E-state index contributed by atoms with van der Waals surface area (Å²) in [6.07, 6.45) is 1.65. The van der Waals surface area contributed by atoms with Gasteiger partial charge in [-0.2, -0.15) is 0 Å². The molecule has 3 rings (SSSR count). The number of nitrogens with one attached hydrogen (secondary N) is 1. The number of carbonyl (C=O) groups is 1. The van der Waals surface area contributed by atoms with Crippen molar-refractivity contribution in [1.29, 1.82) is 0 Å². The monoisotopic (exact) mass is 314 g/mol. The van der Waals surface area contributed by atoms with Crippen LogP contribution in [0.25, 0.3) is 16.5 Å². The van der Waals surface area contributed by atoms with Gasteiger partial charge in [0, 0.05) is 22.2 Å². The number of fused-ring (bicyclic) bond motifs is 1. The Morgan fingerprint density at radius 1 is 1.14 bits per heavy atom. The van der Waals surface area contributed by atoms with Crippen LogP contribution in [0.3, 0.4) is 0 Å². The first-order chi connectivity index (χ1) is 10.6. The molecule has 6 heteroatoms. The molecule has 1 amide bonds. The number of hydrogen-bond acceptors (Lipinski definition) is 3. The summed E-state index contributed by atoms with van der Waals surface area (Å²) in [5.41, 5.74) is 2.12. The van der Waals surface area contributed by atoms with Gasteiger partial charge in [-0.25, -0.2) is 5.48 Å². The van der Waals surface area contributed by atoms with Gasteiger partial charge in [0.1, 0.15) is 0 Å². The lowest BCUT2D eigenvalue weighted by Gasteiger charge is -2.08. The Morgan fingerprint density at radius 3 is 2.68 bits per heavy atom. The molecule has 0 atom stereocenters. The van der Waals surface area contributed by atoms with Crippen molar-refractivity contribution in [2.24, 2.45) is 0 Å². The van der Waals surface area contributed by atoms with E-state index in [1.165, 1.54) is 16.7 Å². The van der Waals surface area contributed by atoms with Crippen molar-refractivity contribution in [3.05, 3.63) is 75.7 Å². The quantitative estimate of drug-likeness (QED) is 0.564. The minimum Gasteiger partial charge on any atom is -0.288 e. The fourth-order valence-corrected chi connectivity index (χ4v) is 2.46. The first kappa shape index (κ1) is 14.3. The Hall–Kier alpha value is -2.63. The van der Waals surface area contributed by atoms with Gasteiger partial charge >= 0.3 is 0 Å². The highest BCUT2D eigenvalue weighted by atomic mass is 35.5. The Balaban J connectivity index is 2.24. The van der Waals surface area contributed by atoms with Crippen molar-refractivity contribution in [3.63, 3.8) is 0 Å². The summed E-state index contributed by atoms with van der Waals surface area (Å²) in [7, 11) is 0. The SMILES string of the molecule is O=C(NO)c1ccc2ccn(-c3cccc(Cl)c3)c(=O)c2c1. The zero-order valence-corrected chi connectivity index (χ0v) is 12.0. The van der Waals surface area contributed by atoms with E-state index in [0.717, 1.165) is 0 Å². The summed E-state index contributed by atoms with van der Waals surface area (Å²) >= 11 is 5.95. The number of aromatic nitrogens is 1. The van der Waals surface area contributed by atoms with E-state index in [2.05, 4.69) is 0 Å². The largest absolute Gasteiger partial charge is 0.288 e. The van der Waals surface area contributed by atoms with Gasteiger partial charge in [0.2, 0.25) is 0 Å². The molecule has 0 radical (unpaired) electrons. The Labute approximate surface area is 130 Å². The lowest BCUT2D eigenvalue weighted by atomic mass is 10.1. The summed E-state index contributed by atoms with van der Waals surface area (Å²) in [5, 5.41) is 10.3. The van der Waals surface area contributed by atoms with Gasteiger partial charge in [-0.3, -0.25) is 19.4 Å². The predicted octanol–water partition coefficient (Wildman–Crippen LogP) is 2.76. The van der Waals surface area contributed by atoms with Crippen molar-refractivity contribution in [3.8, 4) is 5.69 Å². The van der Waals surface area contributed by atoms with Crippen LogP contribution in [0.1, 0.15) is 10.4 Å². The predicted molar refractivity (Wildman–Crippen MR) is 83.8 cm³/mol. The number of amides is 1. The molecule has 0 spiro atoms. The third-order valence-electron chi connectivity index (χ3n) is 3.36. The van der Waals surface area contributed by atoms with Crippen LogP contribution in [0.4, 0.5) is 0 Å². The van der Waals surface area contributed by atoms with Crippen molar-refractivity contribution in [2.45, 2.75) is 0 Å². The zero-order chi connectivity index (χ0) is 15.7. The highest BCUT2D eigenvalue weighted by Crippen LogP contribution is 2.17. The van der Waals surface area contributed by atoms with Gasteiger partial charge in [-0.05, 0) is 41.8 Å². The molecule has 1 aromatic heterocycles. The highest BCUT2D eigenvalue weighted by Gasteiger charge is 2.09. The lowest BCUT2D eigenvalue weighted by molar-refractivity contribution is 0.0706. The van der Waals surface area contributed by atoms with Crippen LogP contribution >= 0.6 is 11.6 Å². The van der Waals surface area contributed by atoms with Crippen LogP contribution in [0.5, 0.6) is 0 Å². The number of hydroxylamine groups is 1. The van der Waals surface area contributed by atoms with Crippen LogP contribution in [0, 0.1) is 0 Å². The van der Waals surface area contributed by atoms with Gasteiger partial charge in [0.05, 0.1) is 5.69 Å². The molecule has 0 aliphatic heterocycles. The number of carbonyl (C=O) groups excluding carboxylic acids is 1. The van der Waals surface area contributed by atoms with Crippen molar-refractivity contribution in [1.82, 2.24) is 10.0 Å². The number of pyridine rings is 1. The Bertz CT molecular complexity index is 934. The second-order valence-electron chi connectivity index (χ2n) is 4.71. The molecule has 22 heavy (non-hydrogen) atoms. The number of nitrogens with zero attached hydrogens (tertiary/aromatic N) is 1. The van der Waals surface area contributed by atoms with E-state index in [1.54, 1.807) is 48.1 Å². The smallest absolute Gasteiger partial charge is 0.274 e. The number of hydrogen-bond donors (Lipinski definition) is 2. The van der Waals surface area contributed by atoms with Crippen LogP contribution in [0.2, 0.25) is 5.02 Å². The summed E-state index contributed by atoms with van der Waals surface area (Å²) < 4.78 is 1.45. The van der Waals surface area contributed by atoms with Gasteiger partial charge in [-0.1, -0.05) is 23.7 Å². The fourth-order valence-electron chi connectivity index (χ4n) is 2.27. The molecular formula is C16H11ClN2O3. The maximum absolute atomic E-state index is 12.6. The summed E-state index contributed by atoms with van der Waals surface area (Å²) in [6, 6.07) is 13.3. The topological polar surface area (TPSA) is 71.3 Å². The van der Waals surface area contributed by atoms with E-state index >= 15 is 0 Å². The molecule has 0 aliphatic rings. The van der Waals surface area contributed by atoms with E-state index in [4.69, 9.17) is 16.8 Å². The average Bonchev–Trinajstić information content (AvgIpc) is 2.54. The minimum atomic E-state index is -0.667. The second-order valence-corrected chi connectivity index (χ2v) is 5.15. The van der Waals surface area contributed by atoms with Gasteiger partial charge in [-0.15, -0.1) is 0 Å². The molecule has 0 unspecified atom stereocenters. The Morgan fingerprint density at radius 2 is 1.95 bits per heavy atom. The summed E-state index contributed by atoms with van der Waals surface area (Å²) in [5.74, 6) is -0.667. The molecule has 0 saturated heterocycles. The fraction of sp³-hybridized carbons (Fsp3) is 0. The minimum absolute atomic E-state index is 0.205. The average molecular weight is 315 g/mol. The maximum Gasteiger partial charge on any atom is 0.274 e. The van der Waals surface area contributed by atoms with Crippen molar-refractivity contribution in [2.75, 3.05) is 0 Å². The molecule has 0 fully saturated rings. The molecule has 2 N–H and O–H groups in total. The van der Waals surface area contributed by atoms with E-state index in [0.29, 0.717) is 21.5 Å². The normalized spacial score (nSPS) is 10.6. The molecule has 3 aromatic rings. The summed E-state index contributed by atoms with van der Waals surface area (Å²) in [4.78, 5) is 24.1. The van der Waals surface area contributed by atoms with Gasteiger partial charge in [0.15, 0.2) is 0 Å².